The minimum atomic E-state index is -0.0874. The molecular weight excluding hydrogens is 252 g/mol. The van der Waals surface area contributed by atoms with Gasteiger partial charge in [-0.2, -0.15) is 0 Å². The zero-order valence-electron chi connectivity index (χ0n) is 12.7. The van der Waals surface area contributed by atoms with Crippen LogP contribution >= 0.6 is 0 Å². The fraction of sp³-hybridized carbons (Fsp3) is 0.875. The fourth-order valence-corrected chi connectivity index (χ4v) is 5.08. The first kappa shape index (κ1) is 13.9. The van der Waals surface area contributed by atoms with E-state index in [0.717, 1.165) is 37.0 Å². The Morgan fingerprint density at radius 3 is 2.00 bits per heavy atom. The number of hydrogen-bond acceptors (Lipinski definition) is 2. The van der Waals surface area contributed by atoms with Gasteiger partial charge < -0.3 is 10.2 Å². The number of nitrogens with one attached hydrogen (secondary N) is 1. The van der Waals surface area contributed by atoms with E-state index >= 15 is 0 Å². The van der Waals surface area contributed by atoms with Crippen LogP contribution in [0.25, 0.3) is 0 Å². The summed E-state index contributed by atoms with van der Waals surface area (Å²) in [6.07, 6.45) is 7.74. The number of carbonyl (C=O) groups is 2. The molecule has 4 nitrogen and oxygen atoms in total. The zero-order chi connectivity index (χ0) is 14.3. The third-order valence-corrected chi connectivity index (χ3v) is 5.64. The summed E-state index contributed by atoms with van der Waals surface area (Å²) in [6.45, 7) is 0.484. The second kappa shape index (κ2) is 5.05. The first-order chi connectivity index (χ1) is 9.48. The molecule has 0 saturated heterocycles. The molecule has 0 heterocycles. The molecule has 4 heteroatoms. The van der Waals surface area contributed by atoms with Gasteiger partial charge in [-0.1, -0.05) is 0 Å². The van der Waals surface area contributed by atoms with Gasteiger partial charge in [0.1, 0.15) is 0 Å². The lowest BCUT2D eigenvalue weighted by Gasteiger charge is -2.55. The maximum atomic E-state index is 12.6. The molecule has 2 amide bonds. The van der Waals surface area contributed by atoms with Gasteiger partial charge >= 0.3 is 0 Å². The molecule has 0 radical (unpaired) electrons. The number of nitrogens with zero attached hydrogens (tertiary/aromatic N) is 1. The highest BCUT2D eigenvalue weighted by molar-refractivity contribution is 5.84. The molecule has 4 fully saturated rings. The highest BCUT2D eigenvalue weighted by atomic mass is 16.2. The van der Waals surface area contributed by atoms with Gasteiger partial charge in [0, 0.05) is 32.5 Å². The fourth-order valence-electron chi connectivity index (χ4n) is 5.08. The molecule has 0 unspecified atom stereocenters. The quantitative estimate of drug-likeness (QED) is 0.852. The molecule has 20 heavy (non-hydrogen) atoms. The van der Waals surface area contributed by atoms with E-state index in [-0.39, 0.29) is 17.2 Å². The number of carbonyl (C=O) groups excluding carboxylic acids is 2. The van der Waals surface area contributed by atoms with E-state index in [1.807, 2.05) is 0 Å². The van der Waals surface area contributed by atoms with Gasteiger partial charge in [-0.05, 0) is 56.3 Å². The van der Waals surface area contributed by atoms with E-state index in [9.17, 15) is 9.59 Å². The predicted molar refractivity (Wildman–Crippen MR) is 76.9 cm³/mol. The molecular formula is C16H26N2O2. The number of amides is 2. The van der Waals surface area contributed by atoms with Gasteiger partial charge in [0.15, 0.2) is 0 Å². The topological polar surface area (TPSA) is 49.4 Å². The summed E-state index contributed by atoms with van der Waals surface area (Å²) < 4.78 is 0. The Labute approximate surface area is 121 Å². The van der Waals surface area contributed by atoms with Crippen LogP contribution in [0, 0.1) is 23.2 Å². The largest absolute Gasteiger partial charge is 0.355 e. The standard InChI is InChI=1S/C16H26N2O2/c1-18(2)14(19)3-4-17-15(20)16-8-11-5-12(9-16)7-13(6-11)10-16/h11-13H,3-10H2,1-2H3,(H,17,20). The van der Waals surface area contributed by atoms with Crippen LogP contribution in [0.4, 0.5) is 0 Å². The molecule has 0 aromatic rings. The summed E-state index contributed by atoms with van der Waals surface area (Å²) in [5.41, 5.74) is -0.0874. The second-order valence-electron chi connectivity index (χ2n) is 7.49. The molecule has 0 atom stereocenters. The Balaban J connectivity index is 1.56. The molecule has 4 aliphatic carbocycles. The summed E-state index contributed by atoms with van der Waals surface area (Å²) in [4.78, 5) is 25.7. The van der Waals surface area contributed by atoms with E-state index in [0.29, 0.717) is 13.0 Å². The lowest BCUT2D eigenvalue weighted by Crippen LogP contribution is -2.53. The smallest absolute Gasteiger partial charge is 0.226 e. The Morgan fingerprint density at radius 2 is 1.55 bits per heavy atom. The van der Waals surface area contributed by atoms with Crippen molar-refractivity contribution in [3.63, 3.8) is 0 Å². The van der Waals surface area contributed by atoms with Crippen LogP contribution < -0.4 is 5.32 Å². The lowest BCUT2D eigenvalue weighted by atomic mass is 9.49. The third kappa shape index (κ3) is 2.45. The van der Waals surface area contributed by atoms with Crippen LogP contribution in [0.3, 0.4) is 0 Å². The maximum Gasteiger partial charge on any atom is 0.226 e. The van der Waals surface area contributed by atoms with Crippen LogP contribution in [0.5, 0.6) is 0 Å². The van der Waals surface area contributed by atoms with Gasteiger partial charge in [0.2, 0.25) is 11.8 Å². The molecule has 4 saturated carbocycles. The number of rotatable bonds is 4. The van der Waals surface area contributed by atoms with Gasteiger partial charge in [0.25, 0.3) is 0 Å². The van der Waals surface area contributed by atoms with Crippen LogP contribution in [-0.2, 0) is 9.59 Å². The van der Waals surface area contributed by atoms with Crippen molar-refractivity contribution in [2.24, 2.45) is 23.2 Å². The maximum absolute atomic E-state index is 12.6. The molecule has 4 rings (SSSR count). The normalized spacial score (nSPS) is 37.8. The molecule has 4 bridgehead atoms. The molecule has 112 valence electrons. The van der Waals surface area contributed by atoms with Crippen molar-refractivity contribution in [3.8, 4) is 0 Å². The van der Waals surface area contributed by atoms with Crippen molar-refractivity contribution in [2.75, 3.05) is 20.6 Å². The SMILES string of the molecule is CN(C)C(=O)CCNC(=O)C12CC3CC(CC(C3)C1)C2. The summed E-state index contributed by atoms with van der Waals surface area (Å²) in [5.74, 6) is 2.67. The average Bonchev–Trinajstić information content (AvgIpc) is 2.36. The van der Waals surface area contributed by atoms with E-state index in [2.05, 4.69) is 5.32 Å². The molecule has 0 aromatic carbocycles. The monoisotopic (exact) mass is 278 g/mol. The summed E-state index contributed by atoms with van der Waals surface area (Å²) in [5, 5.41) is 3.04. The molecule has 0 aromatic heterocycles. The first-order valence-corrected chi connectivity index (χ1v) is 7.97. The van der Waals surface area contributed by atoms with E-state index in [1.165, 1.54) is 19.3 Å². The molecule has 1 N–H and O–H groups in total. The average molecular weight is 278 g/mol. The number of hydrogen-bond donors (Lipinski definition) is 1. The van der Waals surface area contributed by atoms with Crippen LogP contribution in [0.2, 0.25) is 0 Å². The second-order valence-corrected chi connectivity index (χ2v) is 7.49. The molecule has 4 aliphatic rings. The van der Waals surface area contributed by atoms with Crippen LogP contribution in [0.1, 0.15) is 44.9 Å². The first-order valence-electron chi connectivity index (χ1n) is 7.97. The Kier molecular flexibility index (Phi) is 3.51. The Bertz CT molecular complexity index is 381. The summed E-state index contributed by atoms with van der Waals surface area (Å²) >= 11 is 0. The van der Waals surface area contributed by atoms with E-state index in [1.54, 1.807) is 19.0 Å². The highest BCUT2D eigenvalue weighted by Crippen LogP contribution is 2.60. The third-order valence-electron chi connectivity index (χ3n) is 5.64. The van der Waals surface area contributed by atoms with Crippen molar-refractivity contribution in [3.05, 3.63) is 0 Å². The molecule has 0 spiro atoms. The Morgan fingerprint density at radius 1 is 1.05 bits per heavy atom. The van der Waals surface area contributed by atoms with Crippen molar-refractivity contribution >= 4 is 11.8 Å². The van der Waals surface area contributed by atoms with Crippen molar-refractivity contribution in [1.29, 1.82) is 0 Å². The van der Waals surface area contributed by atoms with Crippen LogP contribution in [0.15, 0.2) is 0 Å². The van der Waals surface area contributed by atoms with Crippen molar-refractivity contribution < 1.29 is 9.59 Å². The highest BCUT2D eigenvalue weighted by Gasteiger charge is 2.54. The van der Waals surface area contributed by atoms with Crippen molar-refractivity contribution in [1.82, 2.24) is 10.2 Å². The lowest BCUT2D eigenvalue weighted by molar-refractivity contribution is -0.146. The van der Waals surface area contributed by atoms with E-state index < -0.39 is 0 Å². The van der Waals surface area contributed by atoms with Gasteiger partial charge in [-0.25, -0.2) is 0 Å². The van der Waals surface area contributed by atoms with Gasteiger partial charge in [0.05, 0.1) is 0 Å². The predicted octanol–water partition coefficient (Wildman–Crippen LogP) is 1.80. The minimum Gasteiger partial charge on any atom is -0.355 e. The van der Waals surface area contributed by atoms with Crippen LogP contribution in [-0.4, -0.2) is 37.4 Å². The summed E-state index contributed by atoms with van der Waals surface area (Å²) in [7, 11) is 3.51. The molecule has 0 aliphatic heterocycles. The Hall–Kier alpha value is -1.06. The van der Waals surface area contributed by atoms with Gasteiger partial charge in [-0.15, -0.1) is 0 Å². The van der Waals surface area contributed by atoms with Crippen molar-refractivity contribution in [2.45, 2.75) is 44.9 Å². The minimum absolute atomic E-state index is 0.0795. The zero-order valence-corrected chi connectivity index (χ0v) is 12.7. The summed E-state index contributed by atoms with van der Waals surface area (Å²) in [6, 6.07) is 0. The van der Waals surface area contributed by atoms with E-state index in [4.69, 9.17) is 0 Å². The van der Waals surface area contributed by atoms with Gasteiger partial charge in [-0.3, -0.25) is 9.59 Å².